The highest BCUT2D eigenvalue weighted by Crippen LogP contribution is 2.16. The van der Waals surface area contributed by atoms with E-state index in [1.807, 2.05) is 12.1 Å². The van der Waals surface area contributed by atoms with Crippen LogP contribution in [0.15, 0.2) is 30.6 Å². The van der Waals surface area contributed by atoms with Crippen molar-refractivity contribution in [2.24, 2.45) is 5.92 Å². The topological polar surface area (TPSA) is 71.1 Å². The van der Waals surface area contributed by atoms with Crippen LogP contribution < -0.4 is 4.74 Å². The Kier molecular flexibility index (Phi) is 4.92. The van der Waals surface area contributed by atoms with Gasteiger partial charge in [-0.2, -0.15) is 5.10 Å². The number of hydrogen-bond donors (Lipinski definition) is 1. The van der Waals surface area contributed by atoms with Gasteiger partial charge in [0, 0.05) is 12.6 Å². The number of amides is 1. The highest BCUT2D eigenvalue weighted by Gasteiger charge is 2.14. The normalized spacial score (nSPS) is 10.7. The number of rotatable bonds is 6. The zero-order valence-electron chi connectivity index (χ0n) is 12.5. The molecule has 0 spiro atoms. The summed E-state index contributed by atoms with van der Waals surface area (Å²) >= 11 is 0. The summed E-state index contributed by atoms with van der Waals surface area (Å²) in [6.07, 6.45) is 1.42. The number of nitrogens with zero attached hydrogens (tertiary/aromatic N) is 3. The highest BCUT2D eigenvalue weighted by molar-refractivity contribution is 5.94. The molecule has 1 amide bonds. The fraction of sp³-hybridized carbons (Fsp3) is 0.400. The number of benzene rings is 1. The summed E-state index contributed by atoms with van der Waals surface area (Å²) in [5.41, 5.74) is 0.596. The van der Waals surface area contributed by atoms with E-state index >= 15 is 0 Å². The smallest absolute Gasteiger partial charge is 0.254 e. The molecular formula is C15H20N4O2. The van der Waals surface area contributed by atoms with Crippen molar-refractivity contribution in [3.05, 3.63) is 42.0 Å². The van der Waals surface area contributed by atoms with E-state index in [-0.39, 0.29) is 5.91 Å². The van der Waals surface area contributed by atoms with Crippen LogP contribution in [0.1, 0.15) is 30.0 Å². The van der Waals surface area contributed by atoms with Gasteiger partial charge in [0.25, 0.3) is 5.91 Å². The Morgan fingerprint density at radius 2 is 2.24 bits per heavy atom. The monoisotopic (exact) mass is 288 g/mol. The standard InChI is InChI=1S/C15H20N4O2/c1-11(2)9-21-13-6-4-5-12(7-13)15(20)19(3)8-14-16-10-17-18-14/h4-7,10-11H,8-9H2,1-3H3,(H,16,17,18). The summed E-state index contributed by atoms with van der Waals surface area (Å²) in [6.45, 7) is 5.18. The number of H-pyrrole nitrogens is 1. The van der Waals surface area contributed by atoms with Crippen LogP contribution in [0.3, 0.4) is 0 Å². The van der Waals surface area contributed by atoms with Crippen molar-refractivity contribution in [3.63, 3.8) is 0 Å². The van der Waals surface area contributed by atoms with E-state index in [9.17, 15) is 4.79 Å². The van der Waals surface area contributed by atoms with Crippen molar-refractivity contribution in [1.82, 2.24) is 20.1 Å². The van der Waals surface area contributed by atoms with Gasteiger partial charge in [0.2, 0.25) is 0 Å². The Morgan fingerprint density at radius 1 is 1.43 bits per heavy atom. The maximum atomic E-state index is 12.4. The van der Waals surface area contributed by atoms with E-state index in [4.69, 9.17) is 4.74 Å². The van der Waals surface area contributed by atoms with Crippen molar-refractivity contribution in [2.75, 3.05) is 13.7 Å². The second-order valence-corrected chi connectivity index (χ2v) is 5.33. The molecule has 0 bridgehead atoms. The van der Waals surface area contributed by atoms with Gasteiger partial charge in [-0.15, -0.1) is 0 Å². The van der Waals surface area contributed by atoms with Crippen LogP contribution >= 0.6 is 0 Å². The number of carbonyl (C=O) groups is 1. The summed E-state index contributed by atoms with van der Waals surface area (Å²) in [7, 11) is 1.73. The van der Waals surface area contributed by atoms with Crippen LogP contribution in [0.2, 0.25) is 0 Å². The van der Waals surface area contributed by atoms with E-state index in [0.29, 0.717) is 36.2 Å². The fourth-order valence-electron chi connectivity index (χ4n) is 1.81. The number of aromatic amines is 1. The molecule has 2 rings (SSSR count). The molecule has 0 aliphatic carbocycles. The average molecular weight is 288 g/mol. The molecule has 0 aliphatic rings. The molecule has 0 unspecified atom stereocenters. The largest absolute Gasteiger partial charge is 0.493 e. The Bertz CT molecular complexity index is 581. The molecule has 112 valence electrons. The van der Waals surface area contributed by atoms with Gasteiger partial charge in [0.1, 0.15) is 17.9 Å². The van der Waals surface area contributed by atoms with Gasteiger partial charge < -0.3 is 9.64 Å². The molecular weight excluding hydrogens is 268 g/mol. The number of ether oxygens (including phenoxy) is 1. The summed E-state index contributed by atoms with van der Waals surface area (Å²) < 4.78 is 5.64. The van der Waals surface area contributed by atoms with Crippen molar-refractivity contribution >= 4 is 5.91 Å². The summed E-state index contributed by atoms with van der Waals surface area (Å²) in [6, 6.07) is 7.23. The molecule has 0 atom stereocenters. The quantitative estimate of drug-likeness (QED) is 0.883. The van der Waals surface area contributed by atoms with Gasteiger partial charge in [-0.3, -0.25) is 9.89 Å². The van der Waals surface area contributed by atoms with Crippen LogP contribution in [-0.4, -0.2) is 39.6 Å². The fourth-order valence-corrected chi connectivity index (χ4v) is 1.81. The Hall–Kier alpha value is -2.37. The summed E-state index contributed by atoms with van der Waals surface area (Å²) in [5.74, 6) is 1.72. The highest BCUT2D eigenvalue weighted by atomic mass is 16.5. The predicted octanol–water partition coefficient (Wildman–Crippen LogP) is 2.11. The van der Waals surface area contributed by atoms with Gasteiger partial charge in [-0.1, -0.05) is 19.9 Å². The molecule has 0 fully saturated rings. The Labute approximate surface area is 124 Å². The second kappa shape index (κ2) is 6.88. The molecule has 1 N–H and O–H groups in total. The van der Waals surface area contributed by atoms with E-state index < -0.39 is 0 Å². The molecule has 6 heteroatoms. The van der Waals surface area contributed by atoms with Gasteiger partial charge in [-0.05, 0) is 24.1 Å². The van der Waals surface area contributed by atoms with Gasteiger partial charge in [-0.25, -0.2) is 4.98 Å². The third kappa shape index (κ3) is 4.30. The van der Waals surface area contributed by atoms with E-state index in [1.54, 1.807) is 24.1 Å². The summed E-state index contributed by atoms with van der Waals surface area (Å²) in [5, 5.41) is 6.51. The lowest BCUT2D eigenvalue weighted by atomic mass is 10.2. The van der Waals surface area contributed by atoms with Crippen molar-refractivity contribution in [2.45, 2.75) is 20.4 Å². The van der Waals surface area contributed by atoms with Crippen LogP contribution in [0.5, 0.6) is 5.75 Å². The lowest BCUT2D eigenvalue weighted by Crippen LogP contribution is -2.26. The van der Waals surface area contributed by atoms with Crippen LogP contribution in [-0.2, 0) is 6.54 Å². The first-order chi connectivity index (χ1) is 10.1. The first-order valence-electron chi connectivity index (χ1n) is 6.89. The molecule has 1 heterocycles. The minimum absolute atomic E-state index is 0.0820. The van der Waals surface area contributed by atoms with Crippen molar-refractivity contribution in [3.8, 4) is 5.75 Å². The third-order valence-electron chi connectivity index (χ3n) is 2.86. The molecule has 0 saturated carbocycles. The van der Waals surface area contributed by atoms with Crippen LogP contribution in [0.25, 0.3) is 0 Å². The van der Waals surface area contributed by atoms with Crippen molar-refractivity contribution < 1.29 is 9.53 Å². The maximum Gasteiger partial charge on any atom is 0.254 e. The first-order valence-corrected chi connectivity index (χ1v) is 6.89. The van der Waals surface area contributed by atoms with Gasteiger partial charge in [0.05, 0.1) is 13.2 Å². The van der Waals surface area contributed by atoms with Crippen LogP contribution in [0, 0.1) is 5.92 Å². The molecule has 1 aromatic heterocycles. The SMILES string of the molecule is CC(C)COc1cccc(C(=O)N(C)Cc2ncn[nH]2)c1. The molecule has 2 aromatic rings. The number of aromatic nitrogens is 3. The molecule has 0 saturated heterocycles. The van der Waals surface area contributed by atoms with E-state index in [0.717, 1.165) is 0 Å². The lowest BCUT2D eigenvalue weighted by molar-refractivity contribution is 0.0781. The second-order valence-electron chi connectivity index (χ2n) is 5.33. The number of carbonyl (C=O) groups excluding carboxylic acids is 1. The van der Waals surface area contributed by atoms with Crippen LogP contribution in [0.4, 0.5) is 0 Å². The zero-order valence-corrected chi connectivity index (χ0v) is 12.5. The third-order valence-corrected chi connectivity index (χ3v) is 2.86. The Morgan fingerprint density at radius 3 is 2.90 bits per heavy atom. The van der Waals surface area contributed by atoms with Crippen molar-refractivity contribution in [1.29, 1.82) is 0 Å². The first kappa shape index (κ1) is 15.0. The minimum atomic E-state index is -0.0820. The minimum Gasteiger partial charge on any atom is -0.493 e. The molecule has 0 radical (unpaired) electrons. The number of hydrogen-bond acceptors (Lipinski definition) is 4. The predicted molar refractivity (Wildman–Crippen MR) is 79.0 cm³/mol. The lowest BCUT2D eigenvalue weighted by Gasteiger charge is -2.16. The Balaban J connectivity index is 2.02. The zero-order chi connectivity index (χ0) is 15.2. The summed E-state index contributed by atoms with van der Waals surface area (Å²) in [4.78, 5) is 18.0. The van der Waals surface area contributed by atoms with E-state index in [2.05, 4.69) is 29.0 Å². The number of nitrogens with one attached hydrogen (secondary N) is 1. The average Bonchev–Trinajstić information content (AvgIpc) is 2.97. The molecule has 21 heavy (non-hydrogen) atoms. The maximum absolute atomic E-state index is 12.4. The van der Waals surface area contributed by atoms with Gasteiger partial charge in [0.15, 0.2) is 0 Å². The molecule has 1 aromatic carbocycles. The molecule has 0 aliphatic heterocycles. The van der Waals surface area contributed by atoms with E-state index in [1.165, 1.54) is 6.33 Å². The van der Waals surface area contributed by atoms with Gasteiger partial charge >= 0.3 is 0 Å². The molecule has 6 nitrogen and oxygen atoms in total.